The minimum atomic E-state index is 0.0489. The Bertz CT molecular complexity index is 702. The largest absolute Gasteiger partial charge is 0.395 e. The molecular weight excluding hydrogens is 264 g/mol. The summed E-state index contributed by atoms with van der Waals surface area (Å²) < 4.78 is 1.92. The molecule has 0 fully saturated rings. The second-order valence-electron chi connectivity index (χ2n) is 5.75. The topological polar surface area (TPSA) is 54.3 Å². The molecule has 0 unspecified atom stereocenters. The Balaban J connectivity index is 2.01. The third-order valence-corrected chi connectivity index (χ3v) is 4.39. The molecule has 1 aliphatic rings. The highest BCUT2D eigenvalue weighted by atomic mass is 16.3. The minimum Gasteiger partial charge on any atom is -0.395 e. The maximum Gasteiger partial charge on any atom is 0.255 e. The van der Waals surface area contributed by atoms with Crippen LogP contribution in [-0.2, 0) is 19.5 Å². The van der Waals surface area contributed by atoms with Gasteiger partial charge in [-0.15, -0.1) is 0 Å². The normalized spacial score (nSPS) is 15.3. The lowest BCUT2D eigenvalue weighted by Crippen LogP contribution is -2.35. The molecular formula is C17H22N2O2. The zero-order valence-corrected chi connectivity index (χ0v) is 12.4. The first kappa shape index (κ1) is 14.3. The van der Waals surface area contributed by atoms with E-state index in [0.29, 0.717) is 6.54 Å². The number of aliphatic hydroxyl groups excluding tert-OH is 1. The number of aliphatic hydroxyl groups is 1. The molecule has 112 valence electrons. The first-order valence-corrected chi connectivity index (χ1v) is 7.73. The fraction of sp³-hybridized carbons (Fsp3) is 0.471. The molecule has 0 radical (unpaired) electrons. The average Bonchev–Trinajstić information content (AvgIpc) is 2.52. The van der Waals surface area contributed by atoms with Gasteiger partial charge in [0, 0.05) is 24.7 Å². The molecule has 0 bridgehead atoms. The highest BCUT2D eigenvalue weighted by molar-refractivity contribution is 5.83. The van der Waals surface area contributed by atoms with Crippen molar-refractivity contribution in [2.45, 2.75) is 45.3 Å². The summed E-state index contributed by atoms with van der Waals surface area (Å²) in [6, 6.07) is 8.31. The summed E-state index contributed by atoms with van der Waals surface area (Å²) in [5, 5.41) is 13.6. The molecule has 1 aromatic carbocycles. The van der Waals surface area contributed by atoms with Gasteiger partial charge in [-0.3, -0.25) is 4.79 Å². The Labute approximate surface area is 124 Å². The van der Waals surface area contributed by atoms with Crippen LogP contribution in [0.4, 0.5) is 0 Å². The summed E-state index contributed by atoms with van der Waals surface area (Å²) in [4.78, 5) is 12.6. The minimum absolute atomic E-state index is 0.0489. The van der Waals surface area contributed by atoms with Gasteiger partial charge in [0.05, 0.1) is 12.1 Å². The molecule has 4 heteroatoms. The van der Waals surface area contributed by atoms with E-state index in [1.165, 1.54) is 5.56 Å². The maximum atomic E-state index is 12.6. The average molecular weight is 286 g/mol. The highest BCUT2D eigenvalue weighted by Crippen LogP contribution is 2.23. The molecule has 0 aliphatic carbocycles. The van der Waals surface area contributed by atoms with Gasteiger partial charge in [-0.05, 0) is 36.3 Å². The number of aryl methyl sites for hydroxylation is 2. The molecule has 3 rings (SSSR count). The molecule has 2 N–H and O–H groups in total. The molecule has 0 amide bonds. The van der Waals surface area contributed by atoms with Crippen LogP contribution in [0, 0.1) is 0 Å². The molecule has 1 aromatic heterocycles. The molecule has 0 saturated carbocycles. The second-order valence-corrected chi connectivity index (χ2v) is 5.75. The molecule has 0 spiro atoms. The Morgan fingerprint density at radius 2 is 2.29 bits per heavy atom. The van der Waals surface area contributed by atoms with Gasteiger partial charge < -0.3 is 15.0 Å². The molecule has 21 heavy (non-hydrogen) atoms. The number of rotatable bonds is 5. The molecule has 2 aromatic rings. The fourth-order valence-corrected chi connectivity index (χ4v) is 3.14. The highest BCUT2D eigenvalue weighted by Gasteiger charge is 2.16. The lowest BCUT2D eigenvalue weighted by Gasteiger charge is -2.21. The Kier molecular flexibility index (Phi) is 4.08. The van der Waals surface area contributed by atoms with Crippen LogP contribution < -0.4 is 10.9 Å². The number of aromatic nitrogens is 1. The summed E-state index contributed by atoms with van der Waals surface area (Å²) in [7, 11) is 0. The van der Waals surface area contributed by atoms with Crippen molar-refractivity contribution >= 4 is 10.9 Å². The lowest BCUT2D eigenvalue weighted by molar-refractivity contribution is 0.238. The van der Waals surface area contributed by atoms with Crippen LogP contribution >= 0.6 is 0 Å². The zero-order valence-electron chi connectivity index (χ0n) is 12.4. The number of hydrogen-bond donors (Lipinski definition) is 2. The quantitative estimate of drug-likeness (QED) is 0.881. The Hall–Kier alpha value is -1.65. The second kappa shape index (κ2) is 6.00. The smallest absolute Gasteiger partial charge is 0.255 e. The van der Waals surface area contributed by atoms with E-state index in [1.54, 1.807) is 0 Å². The van der Waals surface area contributed by atoms with Crippen LogP contribution in [0.25, 0.3) is 10.9 Å². The van der Waals surface area contributed by atoms with E-state index in [9.17, 15) is 9.90 Å². The molecule has 1 aliphatic heterocycles. The van der Waals surface area contributed by atoms with Crippen LogP contribution in [-0.4, -0.2) is 22.3 Å². The summed E-state index contributed by atoms with van der Waals surface area (Å²) >= 11 is 0. The lowest BCUT2D eigenvalue weighted by atomic mass is 10.00. The van der Waals surface area contributed by atoms with E-state index in [0.717, 1.165) is 42.3 Å². The molecule has 0 saturated heterocycles. The van der Waals surface area contributed by atoms with E-state index in [2.05, 4.69) is 23.5 Å². The number of nitrogens with zero attached hydrogens (tertiary/aromatic N) is 1. The fourth-order valence-electron chi connectivity index (χ4n) is 3.14. The third kappa shape index (κ3) is 2.61. The van der Waals surface area contributed by atoms with E-state index in [1.807, 2.05) is 17.6 Å². The van der Waals surface area contributed by atoms with Crippen LogP contribution in [0.15, 0.2) is 29.1 Å². The van der Waals surface area contributed by atoms with E-state index < -0.39 is 0 Å². The molecule has 1 atom stereocenters. The van der Waals surface area contributed by atoms with Gasteiger partial charge in [-0.25, -0.2) is 0 Å². The zero-order chi connectivity index (χ0) is 14.8. The van der Waals surface area contributed by atoms with Crippen molar-refractivity contribution in [1.29, 1.82) is 0 Å². The number of para-hydroxylation sites is 1. The van der Waals surface area contributed by atoms with Gasteiger partial charge in [0.15, 0.2) is 0 Å². The number of nitrogens with one attached hydrogen (secondary N) is 1. The van der Waals surface area contributed by atoms with E-state index in [-0.39, 0.29) is 18.2 Å². The van der Waals surface area contributed by atoms with E-state index >= 15 is 0 Å². The number of pyridine rings is 1. The maximum absolute atomic E-state index is 12.6. The van der Waals surface area contributed by atoms with E-state index in [4.69, 9.17) is 0 Å². The summed E-state index contributed by atoms with van der Waals surface area (Å²) in [5.41, 5.74) is 3.27. The van der Waals surface area contributed by atoms with Crippen molar-refractivity contribution in [2.75, 3.05) is 6.61 Å². The predicted molar refractivity (Wildman–Crippen MR) is 84.5 cm³/mol. The monoisotopic (exact) mass is 286 g/mol. The van der Waals surface area contributed by atoms with Gasteiger partial charge in [0.1, 0.15) is 0 Å². The predicted octanol–water partition coefficient (Wildman–Crippen LogP) is 1.81. The summed E-state index contributed by atoms with van der Waals surface area (Å²) in [6.07, 6.45) is 2.93. The van der Waals surface area contributed by atoms with Crippen LogP contribution in [0.3, 0.4) is 0 Å². The van der Waals surface area contributed by atoms with Crippen LogP contribution in [0.5, 0.6) is 0 Å². The first-order chi connectivity index (χ1) is 10.2. The van der Waals surface area contributed by atoms with Crippen LogP contribution in [0.1, 0.15) is 30.9 Å². The van der Waals surface area contributed by atoms with Crippen LogP contribution in [0.2, 0.25) is 0 Å². The van der Waals surface area contributed by atoms with Gasteiger partial charge >= 0.3 is 0 Å². The number of benzene rings is 1. The summed E-state index contributed by atoms with van der Waals surface area (Å²) in [5.74, 6) is 0. The van der Waals surface area contributed by atoms with Gasteiger partial charge in [-0.1, -0.05) is 25.1 Å². The van der Waals surface area contributed by atoms with Gasteiger partial charge in [0.2, 0.25) is 0 Å². The van der Waals surface area contributed by atoms with Gasteiger partial charge in [-0.2, -0.15) is 0 Å². The van der Waals surface area contributed by atoms with Crippen molar-refractivity contribution in [1.82, 2.24) is 9.88 Å². The van der Waals surface area contributed by atoms with Crippen molar-refractivity contribution < 1.29 is 5.11 Å². The van der Waals surface area contributed by atoms with Gasteiger partial charge in [0.25, 0.3) is 5.56 Å². The standard InChI is InChI=1S/C17H22N2O2/c1-2-15(11-20)18-10-14-9-13-6-3-5-12-7-4-8-19(16(12)13)17(14)21/h3,5-6,9,15,18,20H,2,4,7-8,10-11H2,1H3/t15-/m1/s1. The Morgan fingerprint density at radius 3 is 3.05 bits per heavy atom. The van der Waals surface area contributed by atoms with Crippen molar-refractivity contribution in [3.63, 3.8) is 0 Å². The third-order valence-electron chi connectivity index (χ3n) is 4.39. The molecule has 2 heterocycles. The Morgan fingerprint density at radius 1 is 1.43 bits per heavy atom. The first-order valence-electron chi connectivity index (χ1n) is 7.73. The summed E-state index contributed by atoms with van der Waals surface area (Å²) in [6.45, 7) is 3.44. The molecule has 4 nitrogen and oxygen atoms in total. The van der Waals surface area contributed by atoms with Crippen molar-refractivity contribution in [2.24, 2.45) is 0 Å². The van der Waals surface area contributed by atoms with Crippen molar-refractivity contribution in [3.8, 4) is 0 Å². The van der Waals surface area contributed by atoms with Crippen molar-refractivity contribution in [3.05, 3.63) is 45.7 Å². The SMILES string of the molecule is CC[C@H](CO)NCc1cc2cccc3c2n(c1=O)CCC3. The number of hydrogen-bond acceptors (Lipinski definition) is 3.